The molecule has 1 aliphatic rings. The lowest BCUT2D eigenvalue weighted by Crippen LogP contribution is -2.47. The van der Waals surface area contributed by atoms with E-state index in [9.17, 15) is 13.2 Å². The molecular formula is C20H23ClN2O5S. The van der Waals surface area contributed by atoms with Gasteiger partial charge in [0, 0.05) is 16.8 Å². The minimum Gasteiger partial charge on any atom is -0.486 e. The van der Waals surface area contributed by atoms with Gasteiger partial charge in [-0.05, 0) is 43.2 Å². The van der Waals surface area contributed by atoms with E-state index in [0.717, 1.165) is 10.6 Å². The number of hydrogen-bond acceptors (Lipinski definition) is 5. The minimum atomic E-state index is -3.75. The monoisotopic (exact) mass is 438 g/mol. The number of sulfonamides is 1. The zero-order chi connectivity index (χ0) is 21.2. The smallest absolute Gasteiger partial charge is 0.248 e. The highest BCUT2D eigenvalue weighted by molar-refractivity contribution is 7.92. The van der Waals surface area contributed by atoms with E-state index in [1.165, 1.54) is 0 Å². The molecule has 1 amide bonds. The van der Waals surface area contributed by atoms with Crippen molar-refractivity contribution in [1.29, 1.82) is 0 Å². The zero-order valence-electron chi connectivity index (χ0n) is 16.4. The number of carbonyl (C=O) groups excluding carboxylic acids is 1. The van der Waals surface area contributed by atoms with Crippen molar-refractivity contribution >= 4 is 38.9 Å². The van der Waals surface area contributed by atoms with Crippen LogP contribution in [-0.2, 0) is 14.8 Å². The summed E-state index contributed by atoms with van der Waals surface area (Å²) in [6.07, 6.45) is 1.35. The zero-order valence-corrected chi connectivity index (χ0v) is 18.0. The molecule has 1 heterocycles. The number of amides is 1. The highest BCUT2D eigenvalue weighted by atomic mass is 35.5. The lowest BCUT2D eigenvalue weighted by molar-refractivity contribution is -0.117. The van der Waals surface area contributed by atoms with E-state index >= 15 is 0 Å². The third-order valence-corrected chi connectivity index (χ3v) is 5.95. The molecule has 7 nitrogen and oxygen atoms in total. The summed E-state index contributed by atoms with van der Waals surface area (Å²) in [7, 11) is -3.75. The van der Waals surface area contributed by atoms with Crippen LogP contribution in [0, 0.1) is 6.92 Å². The molecule has 0 bridgehead atoms. The van der Waals surface area contributed by atoms with E-state index in [4.69, 9.17) is 21.1 Å². The second-order valence-corrected chi connectivity index (χ2v) is 9.06. The van der Waals surface area contributed by atoms with Crippen molar-refractivity contribution < 1.29 is 22.7 Å². The van der Waals surface area contributed by atoms with Crippen molar-refractivity contribution in [2.45, 2.75) is 26.3 Å². The molecule has 0 saturated heterocycles. The Labute approximate surface area is 175 Å². The molecule has 0 aliphatic carbocycles. The molecule has 0 unspecified atom stereocenters. The summed E-state index contributed by atoms with van der Waals surface area (Å²) in [5.41, 5.74) is 1.57. The summed E-state index contributed by atoms with van der Waals surface area (Å²) in [5, 5.41) is 3.18. The lowest BCUT2D eigenvalue weighted by Gasteiger charge is -2.31. The van der Waals surface area contributed by atoms with Gasteiger partial charge in [-0.25, -0.2) is 8.42 Å². The summed E-state index contributed by atoms with van der Waals surface area (Å²) in [6.45, 7) is 4.43. The van der Waals surface area contributed by atoms with Crippen LogP contribution < -0.4 is 19.1 Å². The van der Waals surface area contributed by atoms with Gasteiger partial charge in [0.05, 0.1) is 11.9 Å². The minimum absolute atomic E-state index is 0.273. The van der Waals surface area contributed by atoms with Gasteiger partial charge in [0.15, 0.2) is 11.5 Å². The molecule has 0 aromatic heterocycles. The standard InChI is InChI=1S/C20H23ClN2O5S/c1-4-16(23(29(3,25)26)17-11-14(21)6-5-13(17)2)20(24)22-15-7-8-18-19(12-15)28-10-9-27-18/h5-8,11-12,16H,4,9-10H2,1-3H3,(H,22,24)/t16-/m1/s1. The number of nitrogens with zero attached hydrogens (tertiary/aromatic N) is 1. The quantitative estimate of drug-likeness (QED) is 0.744. The van der Waals surface area contributed by atoms with Gasteiger partial charge in [-0.2, -0.15) is 0 Å². The maximum atomic E-state index is 13.0. The summed E-state index contributed by atoms with van der Waals surface area (Å²) in [6, 6.07) is 9.06. The molecule has 29 heavy (non-hydrogen) atoms. The van der Waals surface area contributed by atoms with E-state index in [-0.39, 0.29) is 6.42 Å². The highest BCUT2D eigenvalue weighted by Crippen LogP contribution is 2.33. The first-order valence-corrected chi connectivity index (χ1v) is 11.4. The van der Waals surface area contributed by atoms with E-state index in [0.29, 0.717) is 46.7 Å². The van der Waals surface area contributed by atoms with Gasteiger partial charge in [-0.15, -0.1) is 0 Å². The Morgan fingerprint density at radius 1 is 1.17 bits per heavy atom. The fourth-order valence-electron chi connectivity index (χ4n) is 3.20. The number of nitrogens with one attached hydrogen (secondary N) is 1. The predicted molar refractivity (Wildman–Crippen MR) is 114 cm³/mol. The third kappa shape index (κ3) is 4.76. The Bertz CT molecular complexity index is 1030. The van der Waals surface area contributed by atoms with Crippen molar-refractivity contribution in [3.63, 3.8) is 0 Å². The largest absolute Gasteiger partial charge is 0.486 e. The van der Waals surface area contributed by atoms with Crippen molar-refractivity contribution in [2.24, 2.45) is 0 Å². The van der Waals surface area contributed by atoms with E-state index in [1.54, 1.807) is 50.2 Å². The number of anilines is 2. The molecule has 2 aromatic rings. The summed E-state index contributed by atoms with van der Waals surface area (Å²) < 4.78 is 37.4. The van der Waals surface area contributed by atoms with Crippen LogP contribution in [0.2, 0.25) is 5.02 Å². The summed E-state index contributed by atoms with van der Waals surface area (Å²) in [4.78, 5) is 13.0. The van der Waals surface area contributed by atoms with Crippen molar-refractivity contribution in [3.8, 4) is 11.5 Å². The van der Waals surface area contributed by atoms with Crippen LogP contribution in [0.25, 0.3) is 0 Å². The fraction of sp³-hybridized carbons (Fsp3) is 0.350. The number of rotatable bonds is 6. The van der Waals surface area contributed by atoms with Gasteiger partial charge < -0.3 is 14.8 Å². The Kier molecular flexibility index (Phi) is 6.24. The Balaban J connectivity index is 1.92. The van der Waals surface area contributed by atoms with Crippen LogP contribution >= 0.6 is 11.6 Å². The topological polar surface area (TPSA) is 84.9 Å². The molecule has 3 rings (SSSR count). The molecule has 9 heteroatoms. The van der Waals surface area contributed by atoms with Gasteiger partial charge in [0.2, 0.25) is 15.9 Å². The predicted octanol–water partition coefficient (Wildman–Crippen LogP) is 3.60. The Morgan fingerprint density at radius 2 is 1.86 bits per heavy atom. The average molecular weight is 439 g/mol. The normalized spacial score (nSPS) is 14.2. The van der Waals surface area contributed by atoms with Crippen LogP contribution in [0.5, 0.6) is 11.5 Å². The van der Waals surface area contributed by atoms with E-state index < -0.39 is 22.0 Å². The van der Waals surface area contributed by atoms with Crippen molar-refractivity contribution in [2.75, 3.05) is 29.1 Å². The maximum absolute atomic E-state index is 13.0. The summed E-state index contributed by atoms with van der Waals surface area (Å²) in [5.74, 6) is 0.690. The van der Waals surface area contributed by atoms with Crippen LogP contribution in [0.15, 0.2) is 36.4 Å². The van der Waals surface area contributed by atoms with Crippen LogP contribution in [0.4, 0.5) is 11.4 Å². The molecule has 156 valence electrons. The van der Waals surface area contributed by atoms with Crippen LogP contribution in [0.3, 0.4) is 0 Å². The average Bonchev–Trinajstić information content (AvgIpc) is 2.67. The molecule has 1 atom stereocenters. The number of aryl methyl sites for hydroxylation is 1. The second-order valence-electron chi connectivity index (χ2n) is 6.76. The molecule has 2 aromatic carbocycles. The molecule has 1 N–H and O–H groups in total. The first-order valence-electron chi connectivity index (χ1n) is 9.16. The maximum Gasteiger partial charge on any atom is 0.248 e. The SMILES string of the molecule is CC[C@H](C(=O)Nc1ccc2c(c1)OCCO2)N(c1cc(Cl)ccc1C)S(C)(=O)=O. The summed E-state index contributed by atoms with van der Waals surface area (Å²) >= 11 is 6.09. The fourth-order valence-corrected chi connectivity index (χ4v) is 4.63. The Morgan fingerprint density at radius 3 is 2.52 bits per heavy atom. The number of hydrogen-bond donors (Lipinski definition) is 1. The number of fused-ring (bicyclic) bond motifs is 1. The van der Waals surface area contributed by atoms with Gasteiger partial charge in [0.1, 0.15) is 19.3 Å². The second kappa shape index (κ2) is 8.51. The Hall–Kier alpha value is -2.45. The van der Waals surface area contributed by atoms with Gasteiger partial charge in [-0.3, -0.25) is 9.10 Å². The molecule has 0 saturated carbocycles. The van der Waals surface area contributed by atoms with Crippen LogP contribution in [-0.4, -0.2) is 39.8 Å². The van der Waals surface area contributed by atoms with Crippen molar-refractivity contribution in [3.05, 3.63) is 47.0 Å². The third-order valence-electron chi connectivity index (χ3n) is 4.55. The van der Waals surface area contributed by atoms with Crippen LogP contribution in [0.1, 0.15) is 18.9 Å². The van der Waals surface area contributed by atoms with Crippen molar-refractivity contribution in [1.82, 2.24) is 0 Å². The van der Waals surface area contributed by atoms with Gasteiger partial charge >= 0.3 is 0 Å². The first kappa shape index (κ1) is 21.3. The van der Waals surface area contributed by atoms with Gasteiger partial charge in [0.25, 0.3) is 0 Å². The van der Waals surface area contributed by atoms with Gasteiger partial charge in [-0.1, -0.05) is 24.6 Å². The van der Waals surface area contributed by atoms with E-state index in [1.807, 2.05) is 0 Å². The van der Waals surface area contributed by atoms with E-state index in [2.05, 4.69) is 5.32 Å². The molecule has 0 fully saturated rings. The molecule has 0 radical (unpaired) electrons. The molecule has 1 aliphatic heterocycles. The lowest BCUT2D eigenvalue weighted by atomic mass is 10.1. The number of benzene rings is 2. The number of halogens is 1. The number of ether oxygens (including phenoxy) is 2. The number of carbonyl (C=O) groups is 1. The molecular weight excluding hydrogens is 416 g/mol. The highest BCUT2D eigenvalue weighted by Gasteiger charge is 2.32. The molecule has 0 spiro atoms. The first-order chi connectivity index (χ1) is 13.7.